The summed E-state index contributed by atoms with van der Waals surface area (Å²) in [5.41, 5.74) is 0. The van der Waals surface area contributed by atoms with Crippen molar-refractivity contribution in [3.05, 3.63) is 18.2 Å². The van der Waals surface area contributed by atoms with Gasteiger partial charge in [0, 0.05) is 27.0 Å². The van der Waals surface area contributed by atoms with Crippen molar-refractivity contribution in [3.8, 4) is 0 Å². The second-order valence-electron chi connectivity index (χ2n) is 5.06. The van der Waals surface area contributed by atoms with E-state index < -0.39 is 23.6 Å². The maximum atomic E-state index is 11.8. The molecule has 0 spiro atoms. The number of anilines is 1. The number of hydrogen-bond donors (Lipinski definition) is 1. The zero-order chi connectivity index (χ0) is 16.3. The van der Waals surface area contributed by atoms with Gasteiger partial charge in [-0.05, 0) is 12.1 Å². The fraction of sp³-hybridized carbons (Fsp3) is 0.357. The number of nitrogens with zero attached hydrogens (tertiary/aromatic N) is 2. The minimum Gasteiger partial charge on any atom is -0.422 e. The SMILES string of the molecule is CC(=O)Nc1cccc(N=CC2C(=O)OC(C)(C)OC2=O)n1. The van der Waals surface area contributed by atoms with Crippen LogP contribution in [0.3, 0.4) is 0 Å². The molecule has 0 saturated carbocycles. The van der Waals surface area contributed by atoms with E-state index in [1.807, 2.05) is 0 Å². The number of cyclic esters (lactones) is 2. The van der Waals surface area contributed by atoms with E-state index in [-0.39, 0.29) is 11.7 Å². The van der Waals surface area contributed by atoms with Crippen molar-refractivity contribution in [3.63, 3.8) is 0 Å². The molecule has 0 aromatic carbocycles. The van der Waals surface area contributed by atoms with Crippen LogP contribution in [0.1, 0.15) is 20.8 Å². The van der Waals surface area contributed by atoms with Gasteiger partial charge in [-0.1, -0.05) is 6.07 Å². The van der Waals surface area contributed by atoms with Gasteiger partial charge in [0.2, 0.25) is 5.91 Å². The molecule has 116 valence electrons. The minimum absolute atomic E-state index is 0.233. The lowest BCUT2D eigenvalue weighted by atomic mass is 10.1. The molecule has 1 aliphatic heterocycles. The summed E-state index contributed by atoms with van der Waals surface area (Å²) in [4.78, 5) is 42.5. The maximum absolute atomic E-state index is 11.8. The van der Waals surface area contributed by atoms with Crippen molar-refractivity contribution < 1.29 is 23.9 Å². The first-order valence-electron chi connectivity index (χ1n) is 6.51. The molecule has 8 heteroatoms. The average molecular weight is 305 g/mol. The van der Waals surface area contributed by atoms with E-state index in [0.29, 0.717) is 5.82 Å². The third-order valence-corrected chi connectivity index (χ3v) is 2.60. The molecule has 22 heavy (non-hydrogen) atoms. The van der Waals surface area contributed by atoms with E-state index in [2.05, 4.69) is 15.3 Å². The molecular formula is C14H15N3O5. The Hall–Kier alpha value is -2.77. The molecule has 1 N–H and O–H groups in total. The summed E-state index contributed by atoms with van der Waals surface area (Å²) in [5.74, 6) is -3.70. The molecule has 0 aliphatic carbocycles. The third kappa shape index (κ3) is 3.87. The van der Waals surface area contributed by atoms with Crippen LogP contribution in [0.4, 0.5) is 11.6 Å². The first kappa shape index (κ1) is 15.6. The van der Waals surface area contributed by atoms with Crippen LogP contribution in [0.5, 0.6) is 0 Å². The number of nitrogens with one attached hydrogen (secondary N) is 1. The molecule has 0 atom stereocenters. The predicted octanol–water partition coefficient (Wildman–Crippen LogP) is 1.19. The highest BCUT2D eigenvalue weighted by Crippen LogP contribution is 2.22. The summed E-state index contributed by atoms with van der Waals surface area (Å²) >= 11 is 0. The lowest BCUT2D eigenvalue weighted by Gasteiger charge is -2.31. The fourth-order valence-electron chi connectivity index (χ4n) is 1.75. The number of ether oxygens (including phenoxy) is 2. The lowest BCUT2D eigenvalue weighted by Crippen LogP contribution is -2.46. The number of rotatable bonds is 3. The van der Waals surface area contributed by atoms with E-state index in [9.17, 15) is 14.4 Å². The summed E-state index contributed by atoms with van der Waals surface area (Å²) in [6, 6.07) is 4.78. The third-order valence-electron chi connectivity index (χ3n) is 2.60. The molecule has 0 unspecified atom stereocenters. The Balaban J connectivity index is 2.13. The molecule has 0 bridgehead atoms. The molecule has 2 rings (SSSR count). The number of esters is 2. The molecule has 2 heterocycles. The van der Waals surface area contributed by atoms with Gasteiger partial charge in [-0.15, -0.1) is 0 Å². The standard InChI is InChI=1S/C14H15N3O5/c1-8(18)16-11-6-4-5-10(17-11)15-7-9-12(19)21-14(2,3)22-13(9)20/h4-7,9H,1-3H3,(H,16,17,18). The van der Waals surface area contributed by atoms with Gasteiger partial charge < -0.3 is 14.8 Å². The van der Waals surface area contributed by atoms with Crippen LogP contribution >= 0.6 is 0 Å². The zero-order valence-electron chi connectivity index (χ0n) is 12.3. The quantitative estimate of drug-likeness (QED) is 0.511. The van der Waals surface area contributed by atoms with Crippen molar-refractivity contribution in [2.24, 2.45) is 10.9 Å². The lowest BCUT2D eigenvalue weighted by molar-refractivity contribution is -0.235. The first-order valence-corrected chi connectivity index (χ1v) is 6.51. The fourth-order valence-corrected chi connectivity index (χ4v) is 1.75. The molecule has 0 radical (unpaired) electrons. The molecule has 1 aromatic rings. The summed E-state index contributed by atoms with van der Waals surface area (Å²) < 4.78 is 9.94. The van der Waals surface area contributed by atoms with Gasteiger partial charge in [0.05, 0.1) is 0 Å². The topological polar surface area (TPSA) is 107 Å². The Morgan fingerprint density at radius 2 is 1.95 bits per heavy atom. The number of carbonyl (C=O) groups is 3. The maximum Gasteiger partial charge on any atom is 0.329 e. The molecule has 1 saturated heterocycles. The smallest absolute Gasteiger partial charge is 0.329 e. The first-order chi connectivity index (χ1) is 10.3. The second kappa shape index (κ2) is 5.92. The number of aromatic nitrogens is 1. The number of carbonyl (C=O) groups excluding carboxylic acids is 3. The summed E-state index contributed by atoms with van der Waals surface area (Å²) in [7, 11) is 0. The number of aliphatic imine (C=N–C) groups is 1. The molecular weight excluding hydrogens is 290 g/mol. The van der Waals surface area contributed by atoms with Crippen molar-refractivity contribution in [2.75, 3.05) is 5.32 Å². The van der Waals surface area contributed by atoms with Gasteiger partial charge in [0.25, 0.3) is 5.79 Å². The summed E-state index contributed by atoms with van der Waals surface area (Å²) in [5, 5.41) is 2.50. The highest BCUT2D eigenvalue weighted by Gasteiger charge is 2.42. The van der Waals surface area contributed by atoms with E-state index in [1.165, 1.54) is 20.8 Å². The number of hydrogen-bond acceptors (Lipinski definition) is 7. The van der Waals surface area contributed by atoms with Gasteiger partial charge in [0.1, 0.15) is 5.82 Å². The molecule has 1 aliphatic rings. The largest absolute Gasteiger partial charge is 0.422 e. The van der Waals surface area contributed by atoms with Crippen LogP contribution in [0.2, 0.25) is 0 Å². The van der Waals surface area contributed by atoms with Crippen LogP contribution < -0.4 is 5.32 Å². The van der Waals surface area contributed by atoms with Crippen molar-refractivity contribution >= 4 is 35.7 Å². The summed E-state index contributed by atoms with van der Waals surface area (Å²) in [6.07, 6.45) is 1.11. The number of pyridine rings is 1. The van der Waals surface area contributed by atoms with Crippen LogP contribution in [0, 0.1) is 5.92 Å². The number of amides is 1. The Morgan fingerprint density at radius 1 is 1.32 bits per heavy atom. The van der Waals surface area contributed by atoms with Crippen molar-refractivity contribution in [1.82, 2.24) is 4.98 Å². The van der Waals surface area contributed by atoms with Crippen LogP contribution in [-0.2, 0) is 23.9 Å². The van der Waals surface area contributed by atoms with E-state index >= 15 is 0 Å². The Kier molecular flexibility index (Phi) is 4.20. The molecule has 1 fully saturated rings. The molecule has 8 nitrogen and oxygen atoms in total. The van der Waals surface area contributed by atoms with Gasteiger partial charge in [-0.3, -0.25) is 14.4 Å². The van der Waals surface area contributed by atoms with Crippen LogP contribution in [-0.4, -0.2) is 34.8 Å². The Morgan fingerprint density at radius 3 is 2.55 bits per heavy atom. The average Bonchev–Trinajstić information content (AvgIpc) is 2.35. The minimum atomic E-state index is -1.28. The van der Waals surface area contributed by atoms with E-state index in [1.54, 1.807) is 18.2 Å². The predicted molar refractivity (Wildman–Crippen MR) is 76.4 cm³/mol. The Labute approximate surface area is 126 Å². The van der Waals surface area contributed by atoms with Crippen LogP contribution in [0.25, 0.3) is 0 Å². The molecule has 1 aromatic heterocycles. The summed E-state index contributed by atoms with van der Waals surface area (Å²) in [6.45, 7) is 4.29. The highest BCUT2D eigenvalue weighted by molar-refractivity contribution is 6.10. The normalized spacial score (nSPS) is 18.0. The van der Waals surface area contributed by atoms with Gasteiger partial charge in [0.15, 0.2) is 11.7 Å². The van der Waals surface area contributed by atoms with E-state index in [0.717, 1.165) is 6.21 Å². The molecule has 1 amide bonds. The van der Waals surface area contributed by atoms with Crippen LogP contribution in [0.15, 0.2) is 23.2 Å². The Bertz CT molecular complexity index is 634. The second-order valence-corrected chi connectivity index (χ2v) is 5.06. The van der Waals surface area contributed by atoms with Crippen molar-refractivity contribution in [1.29, 1.82) is 0 Å². The van der Waals surface area contributed by atoms with Gasteiger partial charge >= 0.3 is 11.9 Å². The van der Waals surface area contributed by atoms with Crippen molar-refractivity contribution in [2.45, 2.75) is 26.6 Å². The zero-order valence-corrected chi connectivity index (χ0v) is 12.3. The van der Waals surface area contributed by atoms with Gasteiger partial charge in [-0.2, -0.15) is 0 Å². The van der Waals surface area contributed by atoms with E-state index in [4.69, 9.17) is 9.47 Å². The highest BCUT2D eigenvalue weighted by atomic mass is 16.7. The van der Waals surface area contributed by atoms with Gasteiger partial charge in [-0.25, -0.2) is 9.98 Å². The monoisotopic (exact) mass is 305 g/mol.